The summed E-state index contributed by atoms with van der Waals surface area (Å²) in [6.07, 6.45) is 0. The Morgan fingerprint density at radius 3 is 2.74 bits per heavy atom. The van der Waals surface area contributed by atoms with Crippen molar-refractivity contribution in [1.82, 2.24) is 20.2 Å². The van der Waals surface area contributed by atoms with Crippen LogP contribution in [-0.2, 0) is 5.75 Å². The lowest BCUT2D eigenvalue weighted by Crippen LogP contribution is -1.81. The van der Waals surface area contributed by atoms with E-state index in [4.69, 9.17) is 4.42 Å². The van der Waals surface area contributed by atoms with Gasteiger partial charge in [0.25, 0.3) is 0 Å². The van der Waals surface area contributed by atoms with E-state index in [0.717, 1.165) is 27.3 Å². The number of H-pyrrole nitrogens is 1. The fourth-order valence-electron chi connectivity index (χ4n) is 2.36. The Bertz CT molecular complexity index is 927. The van der Waals surface area contributed by atoms with Gasteiger partial charge in [-0.2, -0.15) is 0 Å². The van der Waals surface area contributed by atoms with Crippen LogP contribution >= 0.6 is 11.8 Å². The van der Waals surface area contributed by atoms with Crippen molar-refractivity contribution in [2.24, 2.45) is 0 Å². The van der Waals surface area contributed by atoms with Gasteiger partial charge in [-0.15, -0.1) is 10.2 Å². The van der Waals surface area contributed by atoms with Crippen LogP contribution in [0.2, 0.25) is 0 Å². The average Bonchev–Trinajstić information content (AvgIpc) is 3.19. The second-order valence-electron chi connectivity index (χ2n) is 5.16. The highest BCUT2D eigenvalue weighted by Crippen LogP contribution is 2.25. The average molecular weight is 322 g/mol. The molecule has 0 saturated carbocycles. The topological polar surface area (TPSA) is 67.6 Å². The predicted octanol–water partition coefficient (Wildman–Crippen LogP) is 4.21. The van der Waals surface area contributed by atoms with Gasteiger partial charge in [-0.3, -0.25) is 0 Å². The van der Waals surface area contributed by atoms with Crippen molar-refractivity contribution in [3.05, 3.63) is 60.0 Å². The molecule has 2 heterocycles. The van der Waals surface area contributed by atoms with E-state index in [1.807, 2.05) is 55.5 Å². The molecule has 0 fully saturated rings. The van der Waals surface area contributed by atoms with Crippen LogP contribution in [0.3, 0.4) is 0 Å². The van der Waals surface area contributed by atoms with Crippen molar-refractivity contribution in [3.8, 4) is 11.5 Å². The summed E-state index contributed by atoms with van der Waals surface area (Å²) in [7, 11) is 0. The van der Waals surface area contributed by atoms with Crippen LogP contribution in [0.1, 0.15) is 11.5 Å². The van der Waals surface area contributed by atoms with E-state index < -0.39 is 0 Å². The molecule has 0 atom stereocenters. The highest BCUT2D eigenvalue weighted by Gasteiger charge is 2.11. The summed E-state index contributed by atoms with van der Waals surface area (Å²) < 4.78 is 5.76. The summed E-state index contributed by atoms with van der Waals surface area (Å²) in [5.41, 5.74) is 4.08. The largest absolute Gasteiger partial charge is 0.420 e. The summed E-state index contributed by atoms with van der Waals surface area (Å²) in [6, 6.07) is 15.9. The smallest absolute Gasteiger partial charge is 0.248 e. The van der Waals surface area contributed by atoms with Gasteiger partial charge < -0.3 is 9.40 Å². The lowest BCUT2D eigenvalue weighted by Gasteiger charge is -1.98. The maximum atomic E-state index is 5.76. The number of nitrogens with one attached hydrogen (secondary N) is 1. The van der Waals surface area contributed by atoms with Crippen LogP contribution in [0.5, 0.6) is 0 Å². The third-order valence-corrected chi connectivity index (χ3v) is 4.40. The first kappa shape index (κ1) is 14.0. The van der Waals surface area contributed by atoms with Gasteiger partial charge in [0.05, 0.1) is 16.8 Å². The number of aromatic nitrogens is 4. The van der Waals surface area contributed by atoms with Crippen LogP contribution < -0.4 is 0 Å². The maximum Gasteiger partial charge on any atom is 0.248 e. The van der Waals surface area contributed by atoms with Crippen LogP contribution in [0.25, 0.3) is 22.5 Å². The van der Waals surface area contributed by atoms with Crippen molar-refractivity contribution < 1.29 is 4.42 Å². The van der Waals surface area contributed by atoms with Gasteiger partial charge in [0, 0.05) is 5.56 Å². The number of thioether (sulfide) groups is 1. The Hall–Kier alpha value is -2.60. The fraction of sp³-hybridized carbons (Fsp3) is 0.118. The van der Waals surface area contributed by atoms with Gasteiger partial charge in [0.15, 0.2) is 5.16 Å². The van der Waals surface area contributed by atoms with Crippen molar-refractivity contribution in [2.45, 2.75) is 17.8 Å². The normalized spacial score (nSPS) is 11.2. The Labute approximate surface area is 137 Å². The van der Waals surface area contributed by atoms with Crippen LogP contribution in [0.4, 0.5) is 0 Å². The molecule has 4 rings (SSSR count). The second kappa shape index (κ2) is 5.89. The maximum absolute atomic E-state index is 5.76. The van der Waals surface area contributed by atoms with Gasteiger partial charge in [-0.1, -0.05) is 42.1 Å². The molecule has 4 aromatic rings. The number of hydrogen-bond donors (Lipinski definition) is 1. The summed E-state index contributed by atoms with van der Waals surface area (Å²) in [5.74, 6) is 1.73. The SMILES string of the molecule is Cc1ccccc1-c1nnc(CSc2nc3ccccc3[nH]2)o1. The zero-order valence-electron chi connectivity index (χ0n) is 12.5. The molecule has 0 unspecified atom stereocenters. The molecule has 23 heavy (non-hydrogen) atoms. The number of benzene rings is 2. The molecule has 0 aliphatic heterocycles. The van der Waals surface area contributed by atoms with E-state index in [1.165, 1.54) is 0 Å². The summed E-state index contributed by atoms with van der Waals surface area (Å²) >= 11 is 1.55. The molecule has 0 amide bonds. The first-order valence-corrected chi connectivity index (χ1v) is 8.24. The molecule has 0 saturated heterocycles. The molecule has 0 aliphatic carbocycles. The molecule has 2 aromatic carbocycles. The molecule has 2 aromatic heterocycles. The van der Waals surface area contributed by atoms with Gasteiger partial charge >= 0.3 is 0 Å². The number of aryl methyl sites for hydroxylation is 1. The first-order chi connectivity index (χ1) is 11.3. The molecule has 0 radical (unpaired) electrons. The Morgan fingerprint density at radius 1 is 1.04 bits per heavy atom. The lowest BCUT2D eigenvalue weighted by atomic mass is 10.1. The van der Waals surface area contributed by atoms with Crippen molar-refractivity contribution in [2.75, 3.05) is 0 Å². The number of aromatic amines is 1. The molecule has 0 spiro atoms. The number of fused-ring (bicyclic) bond motifs is 1. The Morgan fingerprint density at radius 2 is 1.87 bits per heavy atom. The van der Waals surface area contributed by atoms with Gasteiger partial charge in [-0.25, -0.2) is 4.98 Å². The third kappa shape index (κ3) is 2.85. The van der Waals surface area contributed by atoms with Crippen LogP contribution in [0.15, 0.2) is 58.1 Å². The highest BCUT2D eigenvalue weighted by atomic mass is 32.2. The minimum atomic E-state index is 0.559. The number of hydrogen-bond acceptors (Lipinski definition) is 5. The van der Waals surface area contributed by atoms with Gasteiger partial charge in [0.1, 0.15) is 0 Å². The first-order valence-electron chi connectivity index (χ1n) is 7.25. The monoisotopic (exact) mass is 322 g/mol. The number of rotatable bonds is 4. The highest BCUT2D eigenvalue weighted by molar-refractivity contribution is 7.98. The zero-order chi connectivity index (χ0) is 15.6. The quantitative estimate of drug-likeness (QED) is 0.570. The fourth-order valence-corrected chi connectivity index (χ4v) is 3.08. The van der Waals surface area contributed by atoms with E-state index >= 15 is 0 Å². The molecule has 1 N–H and O–H groups in total. The van der Waals surface area contributed by atoms with E-state index in [1.54, 1.807) is 11.8 Å². The summed E-state index contributed by atoms with van der Waals surface area (Å²) in [6.45, 7) is 2.03. The molecular weight excluding hydrogens is 308 g/mol. The molecule has 0 bridgehead atoms. The van der Waals surface area contributed by atoms with Gasteiger partial charge in [-0.05, 0) is 30.7 Å². The molecule has 0 aliphatic rings. The molecular formula is C17H14N4OS. The van der Waals surface area contributed by atoms with Gasteiger partial charge in [0.2, 0.25) is 11.8 Å². The minimum Gasteiger partial charge on any atom is -0.420 e. The number of para-hydroxylation sites is 2. The van der Waals surface area contributed by atoms with Crippen molar-refractivity contribution >= 4 is 22.8 Å². The lowest BCUT2D eigenvalue weighted by molar-refractivity contribution is 0.528. The van der Waals surface area contributed by atoms with E-state index in [9.17, 15) is 0 Å². The van der Waals surface area contributed by atoms with Crippen LogP contribution in [0, 0.1) is 6.92 Å². The van der Waals surface area contributed by atoms with Crippen molar-refractivity contribution in [3.63, 3.8) is 0 Å². The number of imidazole rings is 1. The minimum absolute atomic E-state index is 0.559. The van der Waals surface area contributed by atoms with Crippen LogP contribution in [-0.4, -0.2) is 20.2 Å². The Kier molecular flexibility index (Phi) is 3.59. The van der Waals surface area contributed by atoms with E-state index in [2.05, 4.69) is 20.2 Å². The molecule has 114 valence electrons. The van der Waals surface area contributed by atoms with E-state index in [-0.39, 0.29) is 0 Å². The third-order valence-electron chi connectivity index (χ3n) is 3.54. The zero-order valence-corrected chi connectivity index (χ0v) is 13.3. The number of nitrogens with zero attached hydrogens (tertiary/aromatic N) is 3. The molecule has 5 nitrogen and oxygen atoms in total. The predicted molar refractivity (Wildman–Crippen MR) is 90.1 cm³/mol. The molecule has 6 heteroatoms. The Balaban J connectivity index is 1.51. The standard InChI is InChI=1S/C17H14N4OS/c1-11-6-2-3-7-12(11)16-21-20-15(22-16)10-23-17-18-13-8-4-5-9-14(13)19-17/h2-9H,10H2,1H3,(H,18,19). The van der Waals surface area contributed by atoms with Crippen molar-refractivity contribution in [1.29, 1.82) is 0 Å². The summed E-state index contributed by atoms with van der Waals surface area (Å²) in [5, 5.41) is 9.11. The van der Waals surface area contributed by atoms with E-state index in [0.29, 0.717) is 17.5 Å². The second-order valence-corrected chi connectivity index (χ2v) is 6.13. The summed E-state index contributed by atoms with van der Waals surface area (Å²) in [4.78, 5) is 7.80.